The van der Waals surface area contributed by atoms with Gasteiger partial charge in [-0.15, -0.1) is 0 Å². The Morgan fingerprint density at radius 2 is 1.56 bits per heavy atom. The second kappa shape index (κ2) is 10.1. The summed E-state index contributed by atoms with van der Waals surface area (Å²) in [6.45, 7) is 8.95. The van der Waals surface area contributed by atoms with Gasteiger partial charge in [0.1, 0.15) is 0 Å². The van der Waals surface area contributed by atoms with Crippen LogP contribution in [0.15, 0.2) is 48.5 Å². The molecule has 0 saturated carbocycles. The fourth-order valence-corrected chi connectivity index (χ4v) is 4.92. The number of rotatable bonds is 8. The molecule has 194 valence electrons. The molecule has 2 aromatic carbocycles. The minimum atomic E-state index is -4.57. The maximum Gasteiger partial charge on any atom is 0.416 e. The first-order chi connectivity index (χ1) is 16.6. The Morgan fingerprint density at radius 1 is 0.944 bits per heavy atom. The third kappa shape index (κ3) is 6.18. The van der Waals surface area contributed by atoms with Gasteiger partial charge in [0.05, 0.1) is 5.56 Å². The molecule has 0 saturated heterocycles. The summed E-state index contributed by atoms with van der Waals surface area (Å²) >= 11 is 0. The van der Waals surface area contributed by atoms with E-state index in [4.69, 9.17) is 0 Å². The largest absolute Gasteiger partial charge is 0.481 e. The molecule has 0 heterocycles. The van der Waals surface area contributed by atoms with E-state index in [2.05, 4.69) is 45.9 Å². The summed E-state index contributed by atoms with van der Waals surface area (Å²) in [6.07, 6.45) is -0.104. The minimum absolute atomic E-state index is 0.0378. The summed E-state index contributed by atoms with van der Waals surface area (Å²) in [5.74, 6) is -4.81. The molecule has 0 spiro atoms. The first-order valence-corrected chi connectivity index (χ1v) is 12.1. The Hall–Kier alpha value is -3.09. The highest BCUT2D eigenvalue weighted by Crippen LogP contribution is 2.46. The Kier molecular flexibility index (Phi) is 7.72. The predicted octanol–water partition coefficient (Wildman–Crippen LogP) is 7.25. The first-order valence-electron chi connectivity index (χ1n) is 12.1. The van der Waals surface area contributed by atoms with Crippen LogP contribution in [0.1, 0.15) is 81.2 Å². The molecule has 0 atom stereocenters. The molecule has 0 fully saturated rings. The Balaban J connectivity index is 1.92. The maximum absolute atomic E-state index is 13.3. The molecule has 4 nitrogen and oxygen atoms in total. The van der Waals surface area contributed by atoms with Crippen LogP contribution in [0, 0.1) is 5.92 Å². The molecule has 1 aliphatic carbocycles. The number of fused-ring (bicyclic) bond motifs is 1. The molecule has 0 aliphatic heterocycles. The van der Waals surface area contributed by atoms with Crippen molar-refractivity contribution in [1.29, 1.82) is 0 Å². The zero-order chi connectivity index (χ0) is 26.9. The van der Waals surface area contributed by atoms with E-state index in [0.29, 0.717) is 12.8 Å². The van der Waals surface area contributed by atoms with Crippen LogP contribution in [-0.2, 0) is 33.0 Å². The summed E-state index contributed by atoms with van der Waals surface area (Å²) in [7, 11) is 0. The summed E-state index contributed by atoms with van der Waals surface area (Å²) in [5, 5.41) is 18.7. The highest BCUT2D eigenvalue weighted by atomic mass is 19.4. The number of halogens is 3. The molecule has 2 N–H and O–H groups in total. The van der Waals surface area contributed by atoms with Gasteiger partial charge >= 0.3 is 18.1 Å². The number of aliphatic carboxylic acids is 2. The van der Waals surface area contributed by atoms with E-state index in [1.165, 1.54) is 23.3 Å². The number of hydrogen-bond acceptors (Lipinski definition) is 2. The van der Waals surface area contributed by atoms with Crippen LogP contribution < -0.4 is 0 Å². The van der Waals surface area contributed by atoms with E-state index in [1.54, 1.807) is 6.08 Å². The molecule has 0 unspecified atom stereocenters. The summed E-state index contributed by atoms with van der Waals surface area (Å²) in [5.41, 5.74) is 3.41. The van der Waals surface area contributed by atoms with Gasteiger partial charge in [0, 0.05) is 0 Å². The molecule has 0 radical (unpaired) electrons. The van der Waals surface area contributed by atoms with Crippen LogP contribution in [0.25, 0.3) is 5.57 Å². The summed E-state index contributed by atoms with van der Waals surface area (Å²) < 4.78 is 39.8. The Labute approximate surface area is 209 Å². The molecule has 0 aromatic heterocycles. The van der Waals surface area contributed by atoms with Crippen LogP contribution in [-0.4, -0.2) is 22.2 Å². The number of alkyl halides is 3. The quantitative estimate of drug-likeness (QED) is 0.373. The minimum Gasteiger partial charge on any atom is -0.481 e. The smallest absolute Gasteiger partial charge is 0.416 e. The second-order valence-electron chi connectivity index (χ2n) is 10.9. The molecule has 0 amide bonds. The fraction of sp³-hybridized carbons (Fsp3) is 0.448. The van der Waals surface area contributed by atoms with Crippen LogP contribution in [0.5, 0.6) is 0 Å². The zero-order valence-electron chi connectivity index (χ0n) is 21.1. The third-order valence-electron chi connectivity index (χ3n) is 7.32. The lowest BCUT2D eigenvalue weighted by Gasteiger charge is -2.42. The van der Waals surface area contributed by atoms with Crippen molar-refractivity contribution in [3.05, 3.63) is 76.4 Å². The monoisotopic (exact) mass is 502 g/mol. The van der Waals surface area contributed by atoms with Crippen molar-refractivity contribution in [1.82, 2.24) is 0 Å². The van der Waals surface area contributed by atoms with Crippen LogP contribution >= 0.6 is 0 Å². The average Bonchev–Trinajstić information content (AvgIpc) is 2.78. The van der Waals surface area contributed by atoms with E-state index < -0.39 is 36.0 Å². The van der Waals surface area contributed by atoms with Crippen molar-refractivity contribution in [2.75, 3.05) is 0 Å². The number of aryl methyl sites for hydroxylation is 1. The normalized spacial score (nSPS) is 17.1. The lowest BCUT2D eigenvalue weighted by Crippen LogP contribution is -2.33. The van der Waals surface area contributed by atoms with Crippen molar-refractivity contribution < 1.29 is 33.0 Å². The molecule has 2 aromatic rings. The molecule has 1 aliphatic rings. The van der Waals surface area contributed by atoms with Crippen LogP contribution in [0.4, 0.5) is 13.2 Å². The molecular formula is C29H33F3O4. The van der Waals surface area contributed by atoms with E-state index in [-0.39, 0.29) is 22.0 Å². The van der Waals surface area contributed by atoms with E-state index >= 15 is 0 Å². The SMILES string of the molecule is CC1(C)CCC(C)(C)c2cc(CCC=C(CC(C(=O)O)C(=O)O)c3cccc(C(F)(F)F)c3)ccc21. The topological polar surface area (TPSA) is 74.6 Å². The van der Waals surface area contributed by atoms with Gasteiger partial charge in [-0.1, -0.05) is 64.1 Å². The predicted molar refractivity (Wildman–Crippen MR) is 133 cm³/mol. The number of carboxylic acid groups (broad SMARTS) is 2. The lowest BCUT2D eigenvalue weighted by atomic mass is 9.63. The highest BCUT2D eigenvalue weighted by Gasteiger charge is 2.37. The van der Waals surface area contributed by atoms with Crippen molar-refractivity contribution in [2.45, 2.75) is 76.8 Å². The standard InChI is InChI=1S/C29H33F3O4/c1-27(2)13-14-28(3,4)24-15-18(11-12-23(24)27)7-5-8-20(17-22(25(33)34)26(35)36)19-9-6-10-21(16-19)29(30,31)32/h6,8-12,15-16,22H,5,7,13-14,17H2,1-4H3,(H,33,34)(H,35,36). The molecular weight excluding hydrogens is 469 g/mol. The van der Waals surface area contributed by atoms with E-state index in [0.717, 1.165) is 30.5 Å². The van der Waals surface area contributed by atoms with Gasteiger partial charge in [0.25, 0.3) is 0 Å². The zero-order valence-corrected chi connectivity index (χ0v) is 21.1. The van der Waals surface area contributed by atoms with E-state index in [1.807, 2.05) is 0 Å². The lowest BCUT2D eigenvalue weighted by molar-refractivity contribution is -0.154. The highest BCUT2D eigenvalue weighted by molar-refractivity contribution is 5.94. The van der Waals surface area contributed by atoms with Gasteiger partial charge in [-0.3, -0.25) is 9.59 Å². The number of carbonyl (C=O) groups is 2. The number of benzene rings is 2. The first kappa shape index (κ1) is 27.5. The van der Waals surface area contributed by atoms with Crippen molar-refractivity contribution in [3.63, 3.8) is 0 Å². The van der Waals surface area contributed by atoms with E-state index in [9.17, 15) is 33.0 Å². The van der Waals surface area contributed by atoms with Gasteiger partial charge < -0.3 is 10.2 Å². The van der Waals surface area contributed by atoms with Gasteiger partial charge in [0.15, 0.2) is 5.92 Å². The van der Waals surface area contributed by atoms with Crippen LogP contribution in [0.3, 0.4) is 0 Å². The molecule has 3 rings (SSSR count). The number of allylic oxidation sites excluding steroid dienone is 2. The third-order valence-corrected chi connectivity index (χ3v) is 7.32. The second-order valence-corrected chi connectivity index (χ2v) is 10.9. The van der Waals surface area contributed by atoms with Gasteiger partial charge in [-0.2, -0.15) is 13.2 Å². The summed E-state index contributed by atoms with van der Waals surface area (Å²) in [4.78, 5) is 23.0. The van der Waals surface area contributed by atoms with Crippen LogP contribution in [0.2, 0.25) is 0 Å². The Bertz CT molecular complexity index is 1160. The molecule has 7 heteroatoms. The molecule has 0 bridgehead atoms. The number of hydrogen-bond donors (Lipinski definition) is 2. The van der Waals surface area contributed by atoms with Gasteiger partial charge in [-0.05, 0) is 82.9 Å². The van der Waals surface area contributed by atoms with Crippen molar-refractivity contribution in [2.24, 2.45) is 5.92 Å². The summed E-state index contributed by atoms with van der Waals surface area (Å²) in [6, 6.07) is 11.0. The fourth-order valence-electron chi connectivity index (χ4n) is 4.92. The average molecular weight is 503 g/mol. The molecule has 36 heavy (non-hydrogen) atoms. The number of carboxylic acids is 2. The Morgan fingerprint density at radius 3 is 2.14 bits per heavy atom. The van der Waals surface area contributed by atoms with Crippen molar-refractivity contribution >= 4 is 17.5 Å². The van der Waals surface area contributed by atoms with Crippen molar-refractivity contribution in [3.8, 4) is 0 Å². The maximum atomic E-state index is 13.3. The van der Waals surface area contributed by atoms with Gasteiger partial charge in [0.2, 0.25) is 0 Å². The van der Waals surface area contributed by atoms with Gasteiger partial charge in [-0.25, -0.2) is 0 Å².